The average molecular weight is 453 g/mol. The van der Waals surface area contributed by atoms with Crippen LogP contribution < -0.4 is 5.32 Å². The van der Waals surface area contributed by atoms with E-state index in [-0.39, 0.29) is 31.9 Å². The van der Waals surface area contributed by atoms with Gasteiger partial charge in [-0.25, -0.2) is 9.59 Å². The minimum Gasteiger partial charge on any atom is -0.480 e. The topological polar surface area (TPSA) is 116 Å². The Balaban J connectivity index is 1.36. The van der Waals surface area contributed by atoms with Crippen LogP contribution in [-0.2, 0) is 14.3 Å². The number of nitrogens with one attached hydrogen (secondary N) is 1. The number of hydrogen-bond acceptors (Lipinski definition) is 5. The number of aliphatic carboxylic acids is 1. The summed E-state index contributed by atoms with van der Waals surface area (Å²) in [6.07, 6.45) is -1.04. The highest BCUT2D eigenvalue weighted by Crippen LogP contribution is 2.44. The molecule has 1 saturated heterocycles. The normalized spacial score (nSPS) is 20.1. The number of ether oxygens (including phenoxy) is 1. The number of benzene rings is 2. The van der Waals surface area contributed by atoms with Crippen molar-refractivity contribution in [2.75, 3.05) is 13.2 Å². The van der Waals surface area contributed by atoms with E-state index in [1.54, 1.807) is 0 Å². The van der Waals surface area contributed by atoms with E-state index in [4.69, 9.17) is 4.74 Å². The van der Waals surface area contributed by atoms with Gasteiger partial charge in [0.05, 0.1) is 6.10 Å². The van der Waals surface area contributed by atoms with Gasteiger partial charge >= 0.3 is 12.1 Å². The molecule has 33 heavy (non-hydrogen) atoms. The molecule has 0 radical (unpaired) electrons. The number of aliphatic hydroxyl groups excluding tert-OH is 1. The van der Waals surface area contributed by atoms with Gasteiger partial charge < -0.3 is 25.2 Å². The summed E-state index contributed by atoms with van der Waals surface area (Å²) in [4.78, 5) is 37.7. The number of hydrogen-bond donors (Lipinski definition) is 3. The molecule has 0 aromatic heterocycles. The fourth-order valence-corrected chi connectivity index (χ4v) is 4.76. The van der Waals surface area contributed by atoms with E-state index in [0.717, 1.165) is 22.3 Å². The van der Waals surface area contributed by atoms with E-state index < -0.39 is 36.2 Å². The molecule has 2 aromatic carbocycles. The third-order valence-electron chi connectivity index (χ3n) is 6.46. The van der Waals surface area contributed by atoms with Crippen LogP contribution in [0.1, 0.15) is 43.2 Å². The zero-order valence-corrected chi connectivity index (χ0v) is 18.4. The van der Waals surface area contributed by atoms with Crippen molar-refractivity contribution in [3.8, 4) is 11.1 Å². The van der Waals surface area contributed by atoms with Gasteiger partial charge in [0.15, 0.2) is 0 Å². The van der Waals surface area contributed by atoms with Crippen molar-refractivity contribution in [2.24, 2.45) is 0 Å². The molecule has 3 N–H and O–H groups in total. The lowest BCUT2D eigenvalue weighted by molar-refractivity contribution is -0.148. The van der Waals surface area contributed by atoms with Crippen LogP contribution in [0.4, 0.5) is 4.79 Å². The van der Waals surface area contributed by atoms with Gasteiger partial charge in [-0.3, -0.25) is 4.79 Å². The second-order valence-corrected chi connectivity index (χ2v) is 8.57. The number of nitrogens with zero attached hydrogens (tertiary/aromatic N) is 1. The Hall–Kier alpha value is -3.39. The molecule has 3 unspecified atom stereocenters. The second kappa shape index (κ2) is 9.62. The number of carboxylic acid groups (broad SMARTS) is 1. The summed E-state index contributed by atoms with van der Waals surface area (Å²) < 4.78 is 5.55. The van der Waals surface area contributed by atoms with Crippen LogP contribution in [0.5, 0.6) is 0 Å². The highest BCUT2D eigenvalue weighted by molar-refractivity contribution is 5.85. The van der Waals surface area contributed by atoms with E-state index in [0.29, 0.717) is 6.42 Å². The predicted molar refractivity (Wildman–Crippen MR) is 121 cm³/mol. The Morgan fingerprint density at radius 2 is 1.70 bits per heavy atom. The summed E-state index contributed by atoms with van der Waals surface area (Å²) in [5.74, 6) is -1.62. The van der Waals surface area contributed by atoms with Crippen LogP contribution in [0.2, 0.25) is 0 Å². The van der Waals surface area contributed by atoms with Crippen molar-refractivity contribution >= 4 is 18.0 Å². The van der Waals surface area contributed by atoms with E-state index in [2.05, 4.69) is 17.4 Å². The third kappa shape index (κ3) is 4.71. The first-order valence-electron chi connectivity index (χ1n) is 11.2. The predicted octanol–water partition coefficient (Wildman–Crippen LogP) is 2.74. The van der Waals surface area contributed by atoms with Crippen LogP contribution in [0.25, 0.3) is 11.1 Å². The zero-order chi connectivity index (χ0) is 23.5. The molecule has 4 rings (SSSR count). The maximum Gasteiger partial charge on any atom is 0.407 e. The molecule has 8 heteroatoms. The Kier molecular flexibility index (Phi) is 6.65. The fraction of sp³-hybridized carbons (Fsp3) is 0.400. The molecular weight excluding hydrogens is 424 g/mol. The minimum absolute atomic E-state index is 0.0116. The number of likely N-dealkylation sites (tertiary alicyclic amines) is 1. The Bertz CT molecular complexity index is 1010. The Morgan fingerprint density at radius 1 is 1.09 bits per heavy atom. The van der Waals surface area contributed by atoms with E-state index in [1.165, 1.54) is 4.90 Å². The van der Waals surface area contributed by atoms with E-state index in [1.807, 2.05) is 43.3 Å². The maximum atomic E-state index is 12.7. The van der Waals surface area contributed by atoms with Crippen molar-refractivity contribution in [2.45, 2.75) is 50.3 Å². The van der Waals surface area contributed by atoms with Gasteiger partial charge in [0.25, 0.3) is 0 Å². The lowest BCUT2D eigenvalue weighted by Crippen LogP contribution is -2.44. The molecule has 8 nitrogen and oxygen atoms in total. The molecule has 0 saturated carbocycles. The first-order chi connectivity index (χ1) is 15.9. The van der Waals surface area contributed by atoms with Gasteiger partial charge in [-0.2, -0.15) is 0 Å². The Morgan fingerprint density at radius 3 is 2.27 bits per heavy atom. The summed E-state index contributed by atoms with van der Waals surface area (Å²) in [7, 11) is 0. The largest absolute Gasteiger partial charge is 0.480 e. The first-order valence-corrected chi connectivity index (χ1v) is 11.2. The van der Waals surface area contributed by atoms with Gasteiger partial charge in [0, 0.05) is 31.3 Å². The molecule has 1 fully saturated rings. The molecule has 1 heterocycles. The number of fused-ring (bicyclic) bond motifs is 3. The van der Waals surface area contributed by atoms with Gasteiger partial charge in [-0.15, -0.1) is 0 Å². The van der Waals surface area contributed by atoms with Crippen molar-refractivity contribution < 1.29 is 29.3 Å². The van der Waals surface area contributed by atoms with Crippen molar-refractivity contribution in [3.05, 3.63) is 59.7 Å². The second-order valence-electron chi connectivity index (χ2n) is 8.57. The first kappa shape index (κ1) is 22.8. The van der Waals surface area contributed by atoms with Crippen LogP contribution in [-0.4, -0.2) is 64.4 Å². The molecule has 174 valence electrons. The van der Waals surface area contributed by atoms with Crippen LogP contribution in [0, 0.1) is 0 Å². The molecule has 0 spiro atoms. The zero-order valence-electron chi connectivity index (χ0n) is 18.4. The number of carbonyl (C=O) groups is 3. The SMILES string of the molecule is CCC(CC(=O)N1CC(O)CC1C(=O)O)NC(=O)OCC1c2ccccc2-c2ccccc21. The minimum atomic E-state index is -1.14. The van der Waals surface area contributed by atoms with Crippen LogP contribution in [0.15, 0.2) is 48.5 Å². The number of carbonyl (C=O) groups excluding carboxylic acids is 2. The number of amides is 2. The third-order valence-corrected chi connectivity index (χ3v) is 6.46. The molecule has 0 bridgehead atoms. The quantitative estimate of drug-likeness (QED) is 0.595. The van der Waals surface area contributed by atoms with Crippen LogP contribution in [0.3, 0.4) is 0 Å². The molecular formula is C25H28N2O6. The van der Waals surface area contributed by atoms with Gasteiger partial charge in [0.2, 0.25) is 5.91 Å². The van der Waals surface area contributed by atoms with Gasteiger partial charge in [-0.1, -0.05) is 55.5 Å². The number of alkyl carbamates (subject to hydrolysis) is 1. The Labute approximate surface area is 192 Å². The highest BCUT2D eigenvalue weighted by atomic mass is 16.5. The van der Waals surface area contributed by atoms with Gasteiger partial charge in [0.1, 0.15) is 12.6 Å². The molecule has 1 aliphatic heterocycles. The number of aliphatic hydroxyl groups is 1. The lowest BCUT2D eigenvalue weighted by Gasteiger charge is -2.24. The monoisotopic (exact) mass is 452 g/mol. The molecule has 2 aliphatic rings. The van der Waals surface area contributed by atoms with Crippen molar-refractivity contribution in [1.82, 2.24) is 10.2 Å². The molecule has 2 amide bonds. The van der Waals surface area contributed by atoms with E-state index >= 15 is 0 Å². The summed E-state index contributed by atoms with van der Waals surface area (Å²) >= 11 is 0. The van der Waals surface area contributed by atoms with E-state index in [9.17, 15) is 24.6 Å². The highest BCUT2D eigenvalue weighted by Gasteiger charge is 2.39. The number of β-amino-alcohol motifs (C(OH)–C–C–N with tert-alkyl or cyclic N) is 1. The molecule has 1 aliphatic carbocycles. The number of rotatable bonds is 7. The summed E-state index contributed by atoms with van der Waals surface area (Å²) in [5, 5.41) is 21.8. The van der Waals surface area contributed by atoms with Crippen LogP contribution >= 0.6 is 0 Å². The summed E-state index contributed by atoms with van der Waals surface area (Å²) in [5.41, 5.74) is 4.50. The van der Waals surface area contributed by atoms with Crippen molar-refractivity contribution in [3.63, 3.8) is 0 Å². The lowest BCUT2D eigenvalue weighted by atomic mass is 9.98. The summed E-state index contributed by atoms with van der Waals surface area (Å²) in [6, 6.07) is 14.6. The average Bonchev–Trinajstić information content (AvgIpc) is 3.35. The molecule has 3 atom stereocenters. The smallest absolute Gasteiger partial charge is 0.407 e. The number of carboxylic acids is 1. The maximum absolute atomic E-state index is 12.7. The summed E-state index contributed by atoms with van der Waals surface area (Å²) in [6.45, 7) is 1.98. The standard InChI is InChI=1S/C25H28N2O6/c1-2-15(11-23(29)27-13-16(28)12-22(27)24(30)31)26-25(32)33-14-21-19-9-5-3-7-17(19)18-8-4-6-10-20(18)21/h3-10,15-16,21-22,28H,2,11-14H2,1H3,(H,26,32)(H,30,31). The van der Waals surface area contributed by atoms with Crippen molar-refractivity contribution in [1.29, 1.82) is 0 Å². The molecule has 2 aromatic rings. The van der Waals surface area contributed by atoms with Gasteiger partial charge in [-0.05, 0) is 28.7 Å². The fourth-order valence-electron chi connectivity index (χ4n) is 4.76.